The Morgan fingerprint density at radius 3 is 2.33 bits per heavy atom. The van der Waals surface area contributed by atoms with Gasteiger partial charge in [-0.25, -0.2) is 4.98 Å². The highest BCUT2D eigenvalue weighted by Gasteiger charge is 2.32. The van der Waals surface area contributed by atoms with Gasteiger partial charge in [0.2, 0.25) is 0 Å². The van der Waals surface area contributed by atoms with Crippen LogP contribution in [0.15, 0.2) is 53.8 Å². The molecule has 2 heterocycles. The average molecular weight is 335 g/mol. The van der Waals surface area contributed by atoms with Gasteiger partial charge in [-0.15, -0.1) is 0 Å². The van der Waals surface area contributed by atoms with Gasteiger partial charge >= 0.3 is 6.18 Å². The molecule has 0 amide bonds. The number of hydrazone groups is 1. The number of H-pyrrole nitrogens is 1. The number of halogens is 3. The molecule has 0 radical (unpaired) electrons. The summed E-state index contributed by atoms with van der Waals surface area (Å²) in [6, 6.07) is 11.4. The molecule has 0 saturated carbocycles. The van der Waals surface area contributed by atoms with Crippen LogP contribution < -0.4 is 9.88 Å². The predicted octanol–water partition coefficient (Wildman–Crippen LogP) is 2.68. The minimum atomic E-state index is -4.37. The molecule has 1 aromatic carbocycles. The number of hydrogen-bond donors (Lipinski definition) is 0. The molecular formula is C17H18F3N4+. The van der Waals surface area contributed by atoms with E-state index in [1.165, 1.54) is 18.3 Å². The Kier molecular flexibility index (Phi) is 4.69. The Balaban J connectivity index is 1.64. The molecule has 0 bridgehead atoms. The Labute approximate surface area is 138 Å². The normalized spacial score (nSPS) is 16.0. The van der Waals surface area contributed by atoms with Crippen LogP contribution in [0.3, 0.4) is 0 Å². The van der Waals surface area contributed by atoms with Crippen LogP contribution in [0, 0.1) is 0 Å². The van der Waals surface area contributed by atoms with E-state index in [1.54, 1.807) is 11.1 Å². The van der Waals surface area contributed by atoms with Crippen molar-refractivity contribution >= 4 is 12.0 Å². The lowest BCUT2D eigenvalue weighted by atomic mass is 10.1. The topological polar surface area (TPSA) is 33.0 Å². The second kappa shape index (κ2) is 6.90. The summed E-state index contributed by atoms with van der Waals surface area (Å²) in [4.78, 5) is 5.37. The summed E-state index contributed by atoms with van der Waals surface area (Å²) >= 11 is 0. The van der Waals surface area contributed by atoms with Crippen LogP contribution in [-0.2, 0) is 6.18 Å². The maximum atomic E-state index is 13.0. The highest BCUT2D eigenvalue weighted by Crippen LogP contribution is 2.31. The summed E-state index contributed by atoms with van der Waals surface area (Å²) in [7, 11) is 0. The Morgan fingerprint density at radius 1 is 0.958 bits per heavy atom. The number of hydrogen-bond acceptors (Lipinski definition) is 3. The maximum Gasteiger partial charge on any atom is 0.417 e. The van der Waals surface area contributed by atoms with Crippen molar-refractivity contribution in [3.8, 4) is 0 Å². The van der Waals surface area contributed by atoms with Gasteiger partial charge in [0.25, 0.3) is 5.82 Å². The summed E-state index contributed by atoms with van der Waals surface area (Å²) in [6.45, 7) is 2.85. The third-order valence-corrected chi connectivity index (χ3v) is 3.92. The molecule has 1 fully saturated rings. The molecule has 1 aliphatic rings. The van der Waals surface area contributed by atoms with E-state index < -0.39 is 11.7 Å². The minimum absolute atomic E-state index is 0.0869. The highest BCUT2D eigenvalue weighted by molar-refractivity contribution is 5.81. The Morgan fingerprint density at radius 2 is 1.67 bits per heavy atom. The third-order valence-electron chi connectivity index (χ3n) is 3.92. The van der Waals surface area contributed by atoms with Crippen molar-refractivity contribution in [2.75, 3.05) is 31.1 Å². The number of anilines is 1. The fourth-order valence-corrected chi connectivity index (χ4v) is 2.64. The first-order valence-corrected chi connectivity index (χ1v) is 7.71. The van der Waals surface area contributed by atoms with Crippen molar-refractivity contribution < 1.29 is 18.2 Å². The maximum absolute atomic E-state index is 13.0. The first kappa shape index (κ1) is 16.3. The summed E-state index contributed by atoms with van der Waals surface area (Å²) < 4.78 is 38.9. The number of nitrogens with one attached hydrogen (secondary N) is 1. The van der Waals surface area contributed by atoms with Gasteiger partial charge in [0.05, 0.1) is 31.1 Å². The van der Waals surface area contributed by atoms with Crippen molar-refractivity contribution in [3.63, 3.8) is 0 Å². The molecule has 1 aliphatic heterocycles. The first-order chi connectivity index (χ1) is 11.5. The van der Waals surface area contributed by atoms with Crippen LogP contribution in [0.4, 0.5) is 19.0 Å². The van der Waals surface area contributed by atoms with E-state index in [-0.39, 0.29) is 5.56 Å². The Bertz CT molecular complexity index is 692. The molecule has 0 aliphatic carbocycles. The van der Waals surface area contributed by atoms with E-state index in [1.807, 2.05) is 24.4 Å². The summed E-state index contributed by atoms with van der Waals surface area (Å²) in [5.41, 5.74) is -0.574. The van der Waals surface area contributed by atoms with Crippen molar-refractivity contribution in [3.05, 3.63) is 59.8 Å². The molecule has 4 nitrogen and oxygen atoms in total. The molecule has 2 aromatic rings. The zero-order chi connectivity index (χ0) is 17.0. The number of nitrogens with zero attached hydrogens (tertiary/aromatic N) is 3. The number of pyridine rings is 1. The van der Waals surface area contributed by atoms with Crippen molar-refractivity contribution in [2.45, 2.75) is 6.18 Å². The number of piperazine rings is 1. The van der Waals surface area contributed by atoms with Crippen LogP contribution in [-0.4, -0.2) is 37.4 Å². The van der Waals surface area contributed by atoms with E-state index in [0.717, 1.165) is 25.0 Å². The molecule has 0 unspecified atom stereocenters. The minimum Gasteiger partial charge on any atom is -0.289 e. The van der Waals surface area contributed by atoms with Crippen LogP contribution in [0.5, 0.6) is 0 Å². The number of alkyl halides is 3. The quantitative estimate of drug-likeness (QED) is 0.808. The number of benzene rings is 1. The van der Waals surface area contributed by atoms with Gasteiger partial charge in [0, 0.05) is 11.6 Å². The van der Waals surface area contributed by atoms with E-state index in [0.29, 0.717) is 13.1 Å². The SMILES string of the molecule is FC(F)(F)c1ccccc1C=NN1CCN(c2cccc[nH+]2)CC1. The second-order valence-electron chi connectivity index (χ2n) is 5.52. The molecule has 1 aromatic heterocycles. The number of aromatic nitrogens is 1. The summed E-state index contributed by atoms with van der Waals surface area (Å²) in [5.74, 6) is 1.03. The van der Waals surface area contributed by atoms with Gasteiger partial charge in [-0.3, -0.25) is 9.91 Å². The average Bonchev–Trinajstić information content (AvgIpc) is 2.61. The van der Waals surface area contributed by atoms with Crippen molar-refractivity contribution in [1.82, 2.24) is 5.01 Å². The van der Waals surface area contributed by atoms with Crippen LogP contribution in [0.25, 0.3) is 0 Å². The zero-order valence-electron chi connectivity index (χ0n) is 13.0. The van der Waals surface area contributed by atoms with Crippen LogP contribution in [0.1, 0.15) is 11.1 Å². The fraction of sp³-hybridized carbons (Fsp3) is 0.294. The van der Waals surface area contributed by atoms with E-state index >= 15 is 0 Å². The van der Waals surface area contributed by atoms with E-state index in [9.17, 15) is 13.2 Å². The third kappa shape index (κ3) is 3.84. The second-order valence-corrected chi connectivity index (χ2v) is 5.52. The molecular weight excluding hydrogens is 317 g/mol. The largest absolute Gasteiger partial charge is 0.417 e. The van der Waals surface area contributed by atoms with Crippen LogP contribution >= 0.6 is 0 Å². The fourth-order valence-electron chi connectivity index (χ4n) is 2.64. The van der Waals surface area contributed by atoms with E-state index in [4.69, 9.17) is 0 Å². The molecule has 1 N–H and O–H groups in total. The molecule has 24 heavy (non-hydrogen) atoms. The monoisotopic (exact) mass is 335 g/mol. The number of rotatable bonds is 3. The highest BCUT2D eigenvalue weighted by atomic mass is 19.4. The van der Waals surface area contributed by atoms with E-state index in [2.05, 4.69) is 15.0 Å². The molecule has 0 spiro atoms. The lowest BCUT2D eigenvalue weighted by Gasteiger charge is -2.28. The van der Waals surface area contributed by atoms with Gasteiger partial charge < -0.3 is 0 Å². The summed E-state index contributed by atoms with van der Waals surface area (Å²) in [5, 5.41) is 6.03. The molecule has 7 heteroatoms. The van der Waals surface area contributed by atoms with Crippen molar-refractivity contribution in [1.29, 1.82) is 0 Å². The smallest absolute Gasteiger partial charge is 0.289 e. The zero-order valence-corrected chi connectivity index (χ0v) is 13.0. The summed E-state index contributed by atoms with van der Waals surface area (Å²) in [6.07, 6.45) is -1.20. The van der Waals surface area contributed by atoms with Gasteiger partial charge in [-0.05, 0) is 12.1 Å². The molecule has 126 valence electrons. The Hall–Kier alpha value is -2.57. The lowest BCUT2D eigenvalue weighted by molar-refractivity contribution is -0.364. The molecule has 1 saturated heterocycles. The predicted molar refractivity (Wildman–Crippen MR) is 85.8 cm³/mol. The van der Waals surface area contributed by atoms with Gasteiger partial charge in [-0.1, -0.05) is 24.3 Å². The molecule has 0 atom stereocenters. The van der Waals surface area contributed by atoms with Gasteiger partial charge in [0.1, 0.15) is 13.1 Å². The lowest BCUT2D eigenvalue weighted by Crippen LogP contribution is -2.45. The van der Waals surface area contributed by atoms with Crippen molar-refractivity contribution in [2.24, 2.45) is 5.10 Å². The first-order valence-electron chi connectivity index (χ1n) is 7.71. The molecule has 3 rings (SSSR count). The van der Waals surface area contributed by atoms with Crippen LogP contribution in [0.2, 0.25) is 0 Å². The number of aromatic amines is 1. The standard InChI is InChI=1S/C17H17F3N4/c18-17(19,20)15-6-2-1-5-14(15)13-22-24-11-9-23(10-12-24)16-7-3-4-8-21-16/h1-8,13H,9-12H2/p+1. The van der Waals surface area contributed by atoms with Gasteiger partial charge in [0.15, 0.2) is 0 Å². The van der Waals surface area contributed by atoms with Gasteiger partial charge in [-0.2, -0.15) is 18.3 Å².